The Balaban J connectivity index is 2.02. The molecule has 1 saturated carbocycles. The van der Waals surface area contributed by atoms with E-state index in [9.17, 15) is 0 Å². The molecule has 3 heteroatoms. The molecule has 1 aromatic rings. The van der Waals surface area contributed by atoms with Gasteiger partial charge in [0.05, 0.1) is 0 Å². The van der Waals surface area contributed by atoms with E-state index in [0.717, 1.165) is 34.6 Å². The number of nitrogens with one attached hydrogen (secondary N) is 1. The second-order valence-corrected chi connectivity index (χ2v) is 6.41. The Hall–Kier alpha value is -0.240. The molecule has 0 bridgehead atoms. The van der Waals surface area contributed by atoms with Crippen LogP contribution in [0.4, 0.5) is 0 Å². The maximum Gasteiger partial charge on any atom is 0.0452 e. The third-order valence-electron chi connectivity index (χ3n) is 3.72. The highest BCUT2D eigenvalue weighted by Crippen LogP contribution is 2.29. The van der Waals surface area contributed by atoms with Gasteiger partial charge in [-0.25, -0.2) is 0 Å². The summed E-state index contributed by atoms with van der Waals surface area (Å²) in [6.07, 6.45) is 3.62. The first-order valence-corrected chi connectivity index (χ1v) is 7.49. The summed E-state index contributed by atoms with van der Waals surface area (Å²) in [6.45, 7) is 5.60. The zero-order chi connectivity index (χ0) is 13.1. The van der Waals surface area contributed by atoms with Gasteiger partial charge in [0.1, 0.15) is 0 Å². The summed E-state index contributed by atoms with van der Waals surface area (Å²) in [6, 6.07) is 6.51. The van der Waals surface area contributed by atoms with Crippen molar-refractivity contribution in [1.29, 1.82) is 0 Å². The molecule has 0 radical (unpaired) electrons. The van der Waals surface area contributed by atoms with Crippen LogP contribution >= 0.6 is 23.2 Å². The van der Waals surface area contributed by atoms with E-state index in [0.29, 0.717) is 11.8 Å². The Labute approximate surface area is 120 Å². The zero-order valence-electron chi connectivity index (χ0n) is 11.0. The van der Waals surface area contributed by atoms with Crippen LogP contribution in [0.2, 0.25) is 10.0 Å². The molecule has 18 heavy (non-hydrogen) atoms. The van der Waals surface area contributed by atoms with Gasteiger partial charge in [0, 0.05) is 16.1 Å². The van der Waals surface area contributed by atoms with E-state index in [4.69, 9.17) is 23.2 Å². The average molecular weight is 286 g/mol. The summed E-state index contributed by atoms with van der Waals surface area (Å²) in [5.41, 5.74) is 1.09. The lowest BCUT2D eigenvalue weighted by Gasteiger charge is -2.22. The van der Waals surface area contributed by atoms with Crippen LogP contribution in [0.5, 0.6) is 0 Å². The Bertz CT molecular complexity index is 379. The van der Waals surface area contributed by atoms with Gasteiger partial charge in [-0.2, -0.15) is 0 Å². The molecule has 0 aromatic heterocycles. The van der Waals surface area contributed by atoms with Crippen molar-refractivity contribution in [3.8, 4) is 0 Å². The lowest BCUT2D eigenvalue weighted by atomic mass is 9.89. The molecule has 2 rings (SSSR count). The van der Waals surface area contributed by atoms with Crippen molar-refractivity contribution < 1.29 is 0 Å². The predicted molar refractivity (Wildman–Crippen MR) is 79.5 cm³/mol. The SMILES string of the molecule is CC(C)C(CNC1CC1)Cc1c(Cl)cccc1Cl. The molecule has 0 heterocycles. The van der Waals surface area contributed by atoms with Crippen molar-refractivity contribution in [3.05, 3.63) is 33.8 Å². The van der Waals surface area contributed by atoms with Gasteiger partial charge in [-0.05, 0) is 55.3 Å². The maximum absolute atomic E-state index is 6.25. The number of rotatable bonds is 6. The molecule has 0 amide bonds. The van der Waals surface area contributed by atoms with E-state index in [1.54, 1.807) is 0 Å². The molecule has 1 aromatic carbocycles. The van der Waals surface area contributed by atoms with Crippen LogP contribution < -0.4 is 5.32 Å². The van der Waals surface area contributed by atoms with Crippen LogP contribution in [0.3, 0.4) is 0 Å². The molecule has 1 nitrogen and oxygen atoms in total. The van der Waals surface area contributed by atoms with Gasteiger partial charge in [0.2, 0.25) is 0 Å². The molecule has 1 atom stereocenters. The van der Waals surface area contributed by atoms with Gasteiger partial charge < -0.3 is 5.32 Å². The molecule has 0 spiro atoms. The minimum atomic E-state index is 0.586. The van der Waals surface area contributed by atoms with Crippen LogP contribution in [0.25, 0.3) is 0 Å². The van der Waals surface area contributed by atoms with Gasteiger partial charge in [-0.1, -0.05) is 43.1 Å². The normalized spacial score (nSPS) is 17.2. The molecular weight excluding hydrogens is 265 g/mol. The smallest absolute Gasteiger partial charge is 0.0452 e. The van der Waals surface area contributed by atoms with E-state index in [-0.39, 0.29) is 0 Å². The number of hydrogen-bond donors (Lipinski definition) is 1. The highest BCUT2D eigenvalue weighted by molar-refractivity contribution is 6.35. The molecule has 1 fully saturated rings. The molecule has 1 aliphatic carbocycles. The monoisotopic (exact) mass is 285 g/mol. The first-order chi connectivity index (χ1) is 8.58. The Morgan fingerprint density at radius 2 is 1.83 bits per heavy atom. The molecule has 1 N–H and O–H groups in total. The summed E-state index contributed by atoms with van der Waals surface area (Å²) < 4.78 is 0. The van der Waals surface area contributed by atoms with Crippen LogP contribution in [-0.4, -0.2) is 12.6 Å². The molecular formula is C15H21Cl2N. The minimum Gasteiger partial charge on any atom is -0.314 e. The molecule has 1 unspecified atom stereocenters. The Morgan fingerprint density at radius 3 is 2.33 bits per heavy atom. The maximum atomic E-state index is 6.25. The highest BCUT2D eigenvalue weighted by Gasteiger charge is 2.24. The van der Waals surface area contributed by atoms with Gasteiger partial charge in [0.15, 0.2) is 0 Å². The fourth-order valence-electron chi connectivity index (χ4n) is 2.14. The van der Waals surface area contributed by atoms with Crippen molar-refractivity contribution in [2.24, 2.45) is 11.8 Å². The average Bonchev–Trinajstić information content (AvgIpc) is 3.11. The molecule has 100 valence electrons. The van der Waals surface area contributed by atoms with Crippen LogP contribution in [-0.2, 0) is 6.42 Å². The largest absolute Gasteiger partial charge is 0.314 e. The number of halogens is 2. The second-order valence-electron chi connectivity index (χ2n) is 5.59. The molecule has 0 aliphatic heterocycles. The third-order valence-corrected chi connectivity index (χ3v) is 4.43. The summed E-state index contributed by atoms with van der Waals surface area (Å²) in [5, 5.41) is 5.19. The zero-order valence-corrected chi connectivity index (χ0v) is 12.6. The van der Waals surface area contributed by atoms with Crippen molar-refractivity contribution >= 4 is 23.2 Å². The predicted octanol–water partition coefficient (Wildman–Crippen LogP) is 4.56. The fourth-order valence-corrected chi connectivity index (χ4v) is 2.69. The lowest BCUT2D eigenvalue weighted by Crippen LogP contribution is -2.29. The van der Waals surface area contributed by atoms with E-state index in [2.05, 4.69) is 19.2 Å². The van der Waals surface area contributed by atoms with Crippen molar-refractivity contribution in [2.75, 3.05) is 6.54 Å². The van der Waals surface area contributed by atoms with Crippen molar-refractivity contribution in [2.45, 2.75) is 39.2 Å². The summed E-state index contributed by atoms with van der Waals surface area (Å²) in [7, 11) is 0. The van der Waals surface area contributed by atoms with E-state index >= 15 is 0 Å². The van der Waals surface area contributed by atoms with Gasteiger partial charge in [-0.15, -0.1) is 0 Å². The van der Waals surface area contributed by atoms with E-state index in [1.807, 2.05) is 18.2 Å². The van der Waals surface area contributed by atoms with Crippen LogP contribution in [0.15, 0.2) is 18.2 Å². The first-order valence-electron chi connectivity index (χ1n) is 6.74. The third kappa shape index (κ3) is 3.88. The standard InChI is InChI=1S/C15H21Cl2N/c1-10(2)11(9-18-12-6-7-12)8-13-14(16)4-3-5-15(13)17/h3-5,10-12,18H,6-9H2,1-2H3. The van der Waals surface area contributed by atoms with Gasteiger partial charge >= 0.3 is 0 Å². The number of benzene rings is 1. The van der Waals surface area contributed by atoms with E-state index in [1.165, 1.54) is 12.8 Å². The second kappa shape index (κ2) is 6.27. The van der Waals surface area contributed by atoms with Crippen LogP contribution in [0.1, 0.15) is 32.3 Å². The van der Waals surface area contributed by atoms with Gasteiger partial charge in [0.25, 0.3) is 0 Å². The Kier molecular flexibility index (Phi) is 4.94. The van der Waals surface area contributed by atoms with Gasteiger partial charge in [-0.3, -0.25) is 0 Å². The quantitative estimate of drug-likeness (QED) is 0.808. The number of hydrogen-bond acceptors (Lipinski definition) is 1. The summed E-state index contributed by atoms with van der Waals surface area (Å²) in [5.74, 6) is 1.21. The van der Waals surface area contributed by atoms with Crippen LogP contribution in [0, 0.1) is 11.8 Å². The molecule has 1 aliphatic rings. The van der Waals surface area contributed by atoms with E-state index < -0.39 is 0 Å². The summed E-state index contributed by atoms with van der Waals surface area (Å²) in [4.78, 5) is 0. The minimum absolute atomic E-state index is 0.586. The lowest BCUT2D eigenvalue weighted by molar-refractivity contribution is 0.359. The topological polar surface area (TPSA) is 12.0 Å². The van der Waals surface area contributed by atoms with Crippen molar-refractivity contribution in [3.63, 3.8) is 0 Å². The molecule has 0 saturated heterocycles. The fraction of sp³-hybridized carbons (Fsp3) is 0.600. The van der Waals surface area contributed by atoms with Crippen molar-refractivity contribution in [1.82, 2.24) is 5.32 Å². The first kappa shape index (κ1) is 14.2. The summed E-state index contributed by atoms with van der Waals surface area (Å²) >= 11 is 12.5. The Morgan fingerprint density at radius 1 is 1.22 bits per heavy atom. The highest BCUT2D eigenvalue weighted by atomic mass is 35.5.